The van der Waals surface area contributed by atoms with Gasteiger partial charge in [0.05, 0.1) is 6.61 Å². The molecule has 0 unspecified atom stereocenters. The van der Waals surface area contributed by atoms with Crippen molar-refractivity contribution < 1.29 is 24.8 Å². The van der Waals surface area contributed by atoms with E-state index in [4.69, 9.17) is 9.47 Å². The van der Waals surface area contributed by atoms with E-state index in [9.17, 15) is 15.3 Å². The maximum atomic E-state index is 10.4. The quantitative estimate of drug-likeness (QED) is 0.549. The molecule has 0 bridgehead atoms. The number of rotatable bonds is 6. The van der Waals surface area contributed by atoms with Crippen molar-refractivity contribution in [1.29, 1.82) is 0 Å². The van der Waals surface area contributed by atoms with Crippen molar-refractivity contribution in [3.8, 4) is 5.75 Å². The van der Waals surface area contributed by atoms with Gasteiger partial charge in [-0.15, -0.1) is 0 Å². The molecule has 3 aromatic rings. The van der Waals surface area contributed by atoms with E-state index in [1.54, 1.807) is 13.0 Å². The van der Waals surface area contributed by atoms with E-state index >= 15 is 0 Å². The normalized spacial score (nSPS) is 26.1. The van der Waals surface area contributed by atoms with Crippen LogP contribution in [0, 0.1) is 0 Å². The third-order valence-corrected chi connectivity index (χ3v) is 5.58. The molecule has 1 fully saturated rings. The Balaban J connectivity index is 1.68. The highest BCUT2D eigenvalue weighted by Gasteiger charge is 2.53. The van der Waals surface area contributed by atoms with Gasteiger partial charge in [0.2, 0.25) is 5.79 Å². The second-order valence-corrected chi connectivity index (χ2v) is 7.72. The molecule has 3 N–H and O–H groups in total. The second-order valence-electron chi connectivity index (χ2n) is 7.72. The summed E-state index contributed by atoms with van der Waals surface area (Å²) in [5.74, 6) is -0.939. The lowest BCUT2D eigenvalue weighted by Crippen LogP contribution is -2.45. The zero-order valence-electron chi connectivity index (χ0n) is 16.8. The first kappa shape index (κ1) is 20.6. The smallest absolute Gasteiger partial charge is 0.236 e. The van der Waals surface area contributed by atoms with Crippen molar-refractivity contribution in [2.45, 2.75) is 36.9 Å². The molecule has 1 aliphatic heterocycles. The van der Waals surface area contributed by atoms with E-state index in [1.807, 2.05) is 54.6 Å². The summed E-state index contributed by atoms with van der Waals surface area (Å²) in [6.45, 7) is 1.16. The maximum absolute atomic E-state index is 10.4. The SMILES string of the molecule is C[C@@]1(Oc2cccc(C(c3ccccc3)c3ccccc3)c2)O[C@H](CO)[C@H](O)[C@@H]1O. The van der Waals surface area contributed by atoms with Crippen LogP contribution in [-0.4, -0.2) is 46.0 Å². The third kappa shape index (κ3) is 3.98. The molecule has 3 aromatic carbocycles. The molecule has 5 heteroatoms. The van der Waals surface area contributed by atoms with Crippen molar-refractivity contribution >= 4 is 0 Å². The minimum absolute atomic E-state index is 0.00829. The van der Waals surface area contributed by atoms with Crippen molar-refractivity contribution in [3.63, 3.8) is 0 Å². The van der Waals surface area contributed by atoms with Crippen LogP contribution >= 0.6 is 0 Å². The molecule has 156 valence electrons. The van der Waals surface area contributed by atoms with Crippen LogP contribution in [0.3, 0.4) is 0 Å². The molecule has 1 aliphatic rings. The topological polar surface area (TPSA) is 79.2 Å². The van der Waals surface area contributed by atoms with E-state index in [1.165, 1.54) is 0 Å². The summed E-state index contributed by atoms with van der Waals surface area (Å²) in [6, 6.07) is 28.1. The van der Waals surface area contributed by atoms with E-state index in [0.29, 0.717) is 5.75 Å². The van der Waals surface area contributed by atoms with Gasteiger partial charge in [-0.1, -0.05) is 72.8 Å². The molecule has 0 radical (unpaired) electrons. The highest BCUT2D eigenvalue weighted by molar-refractivity contribution is 5.45. The van der Waals surface area contributed by atoms with Crippen LogP contribution in [-0.2, 0) is 4.74 Å². The molecular weight excluding hydrogens is 380 g/mol. The number of aliphatic hydroxyl groups is 3. The van der Waals surface area contributed by atoms with Crippen molar-refractivity contribution in [3.05, 3.63) is 102 Å². The molecule has 1 saturated heterocycles. The molecule has 4 atom stereocenters. The van der Waals surface area contributed by atoms with Crippen LogP contribution in [0.2, 0.25) is 0 Å². The highest BCUT2D eigenvalue weighted by atomic mass is 16.7. The van der Waals surface area contributed by atoms with Gasteiger partial charge in [0, 0.05) is 12.8 Å². The van der Waals surface area contributed by atoms with Gasteiger partial charge < -0.3 is 24.8 Å². The molecule has 30 heavy (non-hydrogen) atoms. The van der Waals surface area contributed by atoms with Gasteiger partial charge in [-0.2, -0.15) is 0 Å². The van der Waals surface area contributed by atoms with Gasteiger partial charge in [0.1, 0.15) is 24.1 Å². The Hall–Kier alpha value is -2.70. The Morgan fingerprint density at radius 2 is 1.43 bits per heavy atom. The maximum Gasteiger partial charge on any atom is 0.236 e. The zero-order valence-corrected chi connectivity index (χ0v) is 16.8. The molecule has 0 saturated carbocycles. The number of benzene rings is 3. The van der Waals surface area contributed by atoms with Gasteiger partial charge in [-0.3, -0.25) is 0 Å². The molecule has 0 aliphatic carbocycles. The lowest BCUT2D eigenvalue weighted by molar-refractivity contribution is -0.199. The standard InChI is InChI=1S/C25H26O5/c1-25(24(28)23(27)21(16-26)30-25)29-20-14-8-13-19(15-20)22(17-9-4-2-5-10-17)18-11-6-3-7-12-18/h2-15,21-24,26-28H,16H2,1H3/t21-,23+,24+,25-/m1/s1. The predicted molar refractivity (Wildman–Crippen MR) is 113 cm³/mol. The summed E-state index contributed by atoms with van der Waals surface area (Å²) in [7, 11) is 0. The van der Waals surface area contributed by atoms with Crippen LogP contribution in [0.1, 0.15) is 29.5 Å². The minimum Gasteiger partial charge on any atom is -0.460 e. The largest absolute Gasteiger partial charge is 0.460 e. The first-order chi connectivity index (χ1) is 14.5. The van der Waals surface area contributed by atoms with Crippen LogP contribution in [0.4, 0.5) is 0 Å². The molecule has 1 heterocycles. The second kappa shape index (κ2) is 8.58. The number of hydrogen-bond acceptors (Lipinski definition) is 5. The van der Waals surface area contributed by atoms with Gasteiger partial charge in [0.25, 0.3) is 0 Å². The Morgan fingerprint density at radius 3 is 1.97 bits per heavy atom. The lowest BCUT2D eigenvalue weighted by Gasteiger charge is -2.29. The fourth-order valence-electron chi connectivity index (χ4n) is 4.04. The Morgan fingerprint density at radius 1 is 0.867 bits per heavy atom. The minimum atomic E-state index is -1.46. The fourth-order valence-corrected chi connectivity index (χ4v) is 4.04. The predicted octanol–water partition coefficient (Wildman–Crippen LogP) is 3.07. The van der Waals surface area contributed by atoms with E-state index in [-0.39, 0.29) is 5.92 Å². The van der Waals surface area contributed by atoms with Crippen molar-refractivity contribution in [2.24, 2.45) is 0 Å². The number of hydrogen-bond donors (Lipinski definition) is 3. The average Bonchev–Trinajstić information content (AvgIpc) is 2.99. The molecule has 0 amide bonds. The molecule has 5 nitrogen and oxygen atoms in total. The Kier molecular flexibility index (Phi) is 5.88. The van der Waals surface area contributed by atoms with Gasteiger partial charge in [-0.25, -0.2) is 0 Å². The molecule has 0 aromatic heterocycles. The van der Waals surface area contributed by atoms with Crippen LogP contribution in [0.25, 0.3) is 0 Å². The van der Waals surface area contributed by atoms with Crippen molar-refractivity contribution in [2.75, 3.05) is 6.61 Å². The monoisotopic (exact) mass is 406 g/mol. The molecule has 4 rings (SSSR count). The zero-order chi connectivity index (χ0) is 21.1. The first-order valence-electron chi connectivity index (χ1n) is 10.1. The average molecular weight is 406 g/mol. The summed E-state index contributed by atoms with van der Waals surface area (Å²) in [6.07, 6.45) is -3.39. The van der Waals surface area contributed by atoms with E-state index in [2.05, 4.69) is 24.3 Å². The number of ether oxygens (including phenoxy) is 2. The lowest BCUT2D eigenvalue weighted by atomic mass is 9.85. The third-order valence-electron chi connectivity index (χ3n) is 5.58. The molecule has 0 spiro atoms. The van der Waals surface area contributed by atoms with Crippen LogP contribution in [0.5, 0.6) is 5.75 Å². The summed E-state index contributed by atoms with van der Waals surface area (Å²) in [5.41, 5.74) is 3.33. The first-order valence-corrected chi connectivity index (χ1v) is 10.1. The number of aliphatic hydroxyl groups excluding tert-OH is 3. The van der Waals surface area contributed by atoms with Crippen LogP contribution < -0.4 is 4.74 Å². The van der Waals surface area contributed by atoms with E-state index in [0.717, 1.165) is 16.7 Å². The van der Waals surface area contributed by atoms with Gasteiger partial charge in [-0.05, 0) is 28.8 Å². The fraction of sp³-hybridized carbons (Fsp3) is 0.280. The summed E-state index contributed by atoms with van der Waals surface area (Å²) < 4.78 is 11.6. The summed E-state index contributed by atoms with van der Waals surface area (Å²) in [5, 5.41) is 29.9. The molecular formula is C25H26O5. The summed E-state index contributed by atoms with van der Waals surface area (Å²) in [4.78, 5) is 0. The Bertz CT molecular complexity index is 922. The van der Waals surface area contributed by atoms with Crippen molar-refractivity contribution in [1.82, 2.24) is 0 Å². The van der Waals surface area contributed by atoms with Gasteiger partial charge >= 0.3 is 0 Å². The highest BCUT2D eigenvalue weighted by Crippen LogP contribution is 2.37. The van der Waals surface area contributed by atoms with E-state index < -0.39 is 30.7 Å². The summed E-state index contributed by atoms with van der Waals surface area (Å²) >= 11 is 0. The van der Waals surface area contributed by atoms with Crippen LogP contribution in [0.15, 0.2) is 84.9 Å². The van der Waals surface area contributed by atoms with Gasteiger partial charge in [0.15, 0.2) is 0 Å². The Labute approximate surface area is 176 Å².